The Bertz CT molecular complexity index is 425. The maximum Gasteiger partial charge on any atom is 0.233 e. The third-order valence-electron chi connectivity index (χ3n) is 3.38. The van der Waals surface area contributed by atoms with Gasteiger partial charge >= 0.3 is 0 Å². The molecule has 1 aliphatic rings. The molecule has 0 aliphatic heterocycles. The fourth-order valence-electron chi connectivity index (χ4n) is 2.18. The minimum absolute atomic E-state index is 0.0811. The van der Waals surface area contributed by atoms with Crippen molar-refractivity contribution < 1.29 is 4.79 Å². The van der Waals surface area contributed by atoms with Crippen LogP contribution in [-0.4, -0.2) is 19.0 Å². The van der Waals surface area contributed by atoms with Gasteiger partial charge in [-0.05, 0) is 35.8 Å². The first-order valence-corrected chi connectivity index (χ1v) is 7.22. The van der Waals surface area contributed by atoms with Crippen molar-refractivity contribution in [3.8, 4) is 0 Å². The largest absolute Gasteiger partial charge is 0.355 e. The van der Waals surface area contributed by atoms with Crippen molar-refractivity contribution in [3.63, 3.8) is 0 Å². The van der Waals surface area contributed by atoms with Gasteiger partial charge < -0.3 is 10.6 Å². The van der Waals surface area contributed by atoms with Crippen molar-refractivity contribution in [1.82, 2.24) is 10.6 Å². The molecule has 19 heavy (non-hydrogen) atoms. The average molecular weight is 260 g/mol. The molecule has 3 heteroatoms. The van der Waals surface area contributed by atoms with Crippen LogP contribution < -0.4 is 10.6 Å². The molecule has 0 heterocycles. The second kappa shape index (κ2) is 6.71. The molecule has 1 aromatic rings. The van der Waals surface area contributed by atoms with Crippen molar-refractivity contribution in [2.75, 3.05) is 13.1 Å². The summed E-state index contributed by atoms with van der Waals surface area (Å²) < 4.78 is 0. The summed E-state index contributed by atoms with van der Waals surface area (Å²) in [6, 6.07) is 8.55. The second-order valence-electron chi connectivity index (χ2n) is 5.77. The van der Waals surface area contributed by atoms with E-state index < -0.39 is 0 Å². The smallest absolute Gasteiger partial charge is 0.233 e. The topological polar surface area (TPSA) is 41.1 Å². The number of benzene rings is 1. The normalized spacial score (nSPS) is 14.7. The zero-order chi connectivity index (χ0) is 13.7. The van der Waals surface area contributed by atoms with Gasteiger partial charge in [0.05, 0.1) is 6.54 Å². The van der Waals surface area contributed by atoms with E-state index in [9.17, 15) is 4.79 Å². The fourth-order valence-corrected chi connectivity index (χ4v) is 2.18. The van der Waals surface area contributed by atoms with E-state index in [0.717, 1.165) is 19.0 Å². The Balaban J connectivity index is 1.75. The molecule has 2 N–H and O–H groups in total. The van der Waals surface area contributed by atoms with Gasteiger partial charge in [-0.15, -0.1) is 0 Å². The standard InChI is InChI=1S/C16H24N2O/c1-12(2)9-18-16(19)11-17-10-14-5-3-4-6-15(14)13-7-8-13/h3-6,12-13,17H,7-11H2,1-2H3,(H,18,19). The highest BCUT2D eigenvalue weighted by Crippen LogP contribution is 2.41. The summed E-state index contributed by atoms with van der Waals surface area (Å²) in [6.07, 6.45) is 2.62. The molecule has 1 amide bonds. The number of rotatable bonds is 7. The van der Waals surface area contributed by atoms with E-state index in [0.29, 0.717) is 12.5 Å². The predicted octanol–water partition coefficient (Wildman–Crippen LogP) is 2.43. The third-order valence-corrected chi connectivity index (χ3v) is 3.38. The van der Waals surface area contributed by atoms with Gasteiger partial charge in [-0.2, -0.15) is 0 Å². The maximum absolute atomic E-state index is 11.6. The molecule has 1 fully saturated rings. The molecule has 0 bridgehead atoms. The van der Waals surface area contributed by atoms with Crippen LogP contribution in [0.4, 0.5) is 0 Å². The van der Waals surface area contributed by atoms with Gasteiger partial charge in [0.15, 0.2) is 0 Å². The van der Waals surface area contributed by atoms with Crippen LogP contribution in [0.25, 0.3) is 0 Å². The van der Waals surface area contributed by atoms with Crippen molar-refractivity contribution in [3.05, 3.63) is 35.4 Å². The lowest BCUT2D eigenvalue weighted by Gasteiger charge is -2.11. The Kier molecular flexibility index (Phi) is 4.97. The van der Waals surface area contributed by atoms with E-state index in [1.165, 1.54) is 24.0 Å². The number of hydrogen-bond donors (Lipinski definition) is 2. The Morgan fingerprint density at radius 3 is 2.74 bits per heavy atom. The van der Waals surface area contributed by atoms with Crippen LogP contribution >= 0.6 is 0 Å². The number of carbonyl (C=O) groups excluding carboxylic acids is 1. The summed E-state index contributed by atoms with van der Waals surface area (Å²) in [7, 11) is 0. The highest BCUT2D eigenvalue weighted by atomic mass is 16.1. The molecule has 104 valence electrons. The van der Waals surface area contributed by atoms with Gasteiger partial charge in [-0.3, -0.25) is 4.79 Å². The van der Waals surface area contributed by atoms with Crippen LogP contribution in [-0.2, 0) is 11.3 Å². The summed E-state index contributed by atoms with van der Waals surface area (Å²) in [5.74, 6) is 1.34. The quantitative estimate of drug-likeness (QED) is 0.790. The summed E-state index contributed by atoms with van der Waals surface area (Å²) in [5.41, 5.74) is 2.79. The first-order chi connectivity index (χ1) is 9.16. The van der Waals surface area contributed by atoms with Crippen LogP contribution in [0.5, 0.6) is 0 Å². The molecule has 3 nitrogen and oxygen atoms in total. The average Bonchev–Trinajstić information content (AvgIpc) is 3.21. The molecule has 0 spiro atoms. The molecule has 0 atom stereocenters. The summed E-state index contributed by atoms with van der Waals surface area (Å²) in [5, 5.41) is 6.15. The minimum Gasteiger partial charge on any atom is -0.355 e. The summed E-state index contributed by atoms with van der Waals surface area (Å²) >= 11 is 0. The Labute approximate surface area is 115 Å². The first-order valence-electron chi connectivity index (χ1n) is 7.22. The van der Waals surface area contributed by atoms with E-state index in [1.54, 1.807) is 0 Å². The van der Waals surface area contributed by atoms with Crippen LogP contribution in [0.1, 0.15) is 43.7 Å². The zero-order valence-corrected chi connectivity index (χ0v) is 11.9. The molecule has 2 rings (SSSR count). The van der Waals surface area contributed by atoms with Gasteiger partial charge in [0, 0.05) is 13.1 Å². The number of hydrogen-bond acceptors (Lipinski definition) is 2. The van der Waals surface area contributed by atoms with E-state index in [1.807, 2.05) is 0 Å². The number of amides is 1. The lowest BCUT2D eigenvalue weighted by molar-refractivity contribution is -0.120. The van der Waals surface area contributed by atoms with Crippen molar-refractivity contribution >= 4 is 5.91 Å². The molecule has 1 aromatic carbocycles. The molecule has 0 radical (unpaired) electrons. The van der Waals surface area contributed by atoms with Crippen LogP contribution in [0.3, 0.4) is 0 Å². The highest BCUT2D eigenvalue weighted by molar-refractivity contribution is 5.77. The second-order valence-corrected chi connectivity index (χ2v) is 5.77. The van der Waals surface area contributed by atoms with Crippen LogP contribution in [0.15, 0.2) is 24.3 Å². The Hall–Kier alpha value is -1.35. The third kappa shape index (κ3) is 4.67. The lowest BCUT2D eigenvalue weighted by Crippen LogP contribution is -2.35. The van der Waals surface area contributed by atoms with Gasteiger partial charge in [-0.1, -0.05) is 38.1 Å². The number of carbonyl (C=O) groups is 1. The van der Waals surface area contributed by atoms with E-state index in [4.69, 9.17) is 0 Å². The monoisotopic (exact) mass is 260 g/mol. The van der Waals surface area contributed by atoms with Crippen molar-refractivity contribution in [2.45, 2.75) is 39.2 Å². The van der Waals surface area contributed by atoms with Crippen LogP contribution in [0, 0.1) is 5.92 Å². The Morgan fingerprint density at radius 2 is 2.05 bits per heavy atom. The van der Waals surface area contributed by atoms with Crippen LogP contribution in [0.2, 0.25) is 0 Å². The van der Waals surface area contributed by atoms with Crippen molar-refractivity contribution in [1.29, 1.82) is 0 Å². The summed E-state index contributed by atoms with van der Waals surface area (Å²) in [6.45, 7) is 6.12. The first kappa shape index (κ1) is 14.1. The van der Waals surface area contributed by atoms with E-state index in [-0.39, 0.29) is 5.91 Å². The predicted molar refractivity (Wildman–Crippen MR) is 78.0 cm³/mol. The summed E-state index contributed by atoms with van der Waals surface area (Å²) in [4.78, 5) is 11.6. The molecule has 0 unspecified atom stereocenters. The zero-order valence-electron chi connectivity index (χ0n) is 11.9. The molecular formula is C16H24N2O. The molecule has 1 aliphatic carbocycles. The molecular weight excluding hydrogens is 236 g/mol. The van der Waals surface area contributed by atoms with Gasteiger partial charge in [0.25, 0.3) is 0 Å². The van der Waals surface area contributed by atoms with Gasteiger partial charge in [0.2, 0.25) is 5.91 Å². The fraction of sp³-hybridized carbons (Fsp3) is 0.562. The SMILES string of the molecule is CC(C)CNC(=O)CNCc1ccccc1C1CC1. The van der Waals surface area contributed by atoms with Gasteiger partial charge in [0.1, 0.15) is 0 Å². The molecule has 0 aromatic heterocycles. The maximum atomic E-state index is 11.6. The molecule has 1 saturated carbocycles. The van der Waals surface area contributed by atoms with Crippen molar-refractivity contribution in [2.24, 2.45) is 5.92 Å². The number of nitrogens with one attached hydrogen (secondary N) is 2. The minimum atomic E-state index is 0.0811. The highest BCUT2D eigenvalue weighted by Gasteiger charge is 2.25. The Morgan fingerprint density at radius 1 is 1.32 bits per heavy atom. The molecule has 0 saturated heterocycles. The lowest BCUT2D eigenvalue weighted by atomic mass is 10.0. The van der Waals surface area contributed by atoms with E-state index >= 15 is 0 Å². The van der Waals surface area contributed by atoms with Gasteiger partial charge in [-0.25, -0.2) is 0 Å². The van der Waals surface area contributed by atoms with E-state index in [2.05, 4.69) is 48.7 Å².